The van der Waals surface area contributed by atoms with Crippen LogP contribution in [0, 0.1) is 0 Å². The first-order chi connectivity index (χ1) is 8.17. The van der Waals surface area contributed by atoms with E-state index in [2.05, 4.69) is 51.2 Å². The molecule has 0 aliphatic rings. The molecule has 1 rings (SSSR count). The number of aromatic nitrogens is 2. The van der Waals surface area contributed by atoms with E-state index in [1.54, 1.807) is 11.8 Å². The highest BCUT2D eigenvalue weighted by molar-refractivity contribution is 9.10. The third kappa shape index (κ3) is 3.71. The van der Waals surface area contributed by atoms with E-state index in [1.165, 1.54) is 5.69 Å². The van der Waals surface area contributed by atoms with E-state index in [9.17, 15) is 0 Å². The number of halogens is 1. The number of rotatable bonds is 7. The molecule has 0 fully saturated rings. The van der Waals surface area contributed by atoms with Gasteiger partial charge in [-0.25, -0.2) is 0 Å². The van der Waals surface area contributed by atoms with E-state index in [0.717, 1.165) is 35.3 Å². The molecule has 1 heterocycles. The lowest BCUT2D eigenvalue weighted by molar-refractivity contribution is 0.533. The van der Waals surface area contributed by atoms with Crippen molar-refractivity contribution in [2.45, 2.75) is 39.3 Å². The van der Waals surface area contributed by atoms with Gasteiger partial charge < -0.3 is 0 Å². The summed E-state index contributed by atoms with van der Waals surface area (Å²) in [7, 11) is 0. The first-order valence-corrected chi connectivity index (χ1v) is 8.05. The highest BCUT2D eigenvalue weighted by Gasteiger charge is 2.17. The van der Waals surface area contributed by atoms with Crippen LogP contribution in [-0.4, -0.2) is 27.8 Å². The van der Waals surface area contributed by atoms with Crippen LogP contribution >= 0.6 is 27.7 Å². The summed E-state index contributed by atoms with van der Waals surface area (Å²) in [6.45, 7) is 5.13. The fourth-order valence-electron chi connectivity index (χ4n) is 1.81. The average Bonchev–Trinajstić information content (AvgIpc) is 2.65. The van der Waals surface area contributed by atoms with E-state index in [1.807, 2.05) is 0 Å². The molecule has 17 heavy (non-hydrogen) atoms. The van der Waals surface area contributed by atoms with Gasteiger partial charge in [-0.2, -0.15) is 16.9 Å². The van der Waals surface area contributed by atoms with Gasteiger partial charge in [0.05, 0.1) is 15.9 Å². The van der Waals surface area contributed by atoms with Crippen molar-refractivity contribution in [2.24, 2.45) is 5.84 Å². The summed E-state index contributed by atoms with van der Waals surface area (Å²) >= 11 is 5.45. The predicted octanol–water partition coefficient (Wildman–Crippen LogP) is 1.97. The normalized spacial score (nSPS) is 13.0. The minimum Gasteiger partial charge on any atom is -0.271 e. The molecule has 1 aromatic heterocycles. The van der Waals surface area contributed by atoms with Gasteiger partial charge in [0.25, 0.3) is 0 Å². The third-order valence-corrected chi connectivity index (χ3v) is 4.39. The molecule has 98 valence electrons. The zero-order valence-corrected chi connectivity index (χ0v) is 13.1. The number of hydrazine groups is 1. The van der Waals surface area contributed by atoms with Gasteiger partial charge in [0.2, 0.25) is 0 Å². The summed E-state index contributed by atoms with van der Waals surface area (Å²) in [5.74, 6) is 6.58. The van der Waals surface area contributed by atoms with Gasteiger partial charge in [-0.05, 0) is 35.5 Å². The lowest BCUT2D eigenvalue weighted by atomic mass is 10.1. The molecule has 0 aliphatic carbocycles. The molecular formula is C11H21BrN4S. The van der Waals surface area contributed by atoms with E-state index < -0.39 is 0 Å². The maximum atomic E-state index is 5.58. The van der Waals surface area contributed by atoms with Crippen LogP contribution in [0.1, 0.15) is 25.2 Å². The third-order valence-electron chi connectivity index (χ3n) is 2.74. The zero-order valence-electron chi connectivity index (χ0n) is 10.7. The summed E-state index contributed by atoms with van der Waals surface area (Å²) in [5, 5.41) is 4.59. The van der Waals surface area contributed by atoms with Gasteiger partial charge in [0.1, 0.15) is 0 Å². The van der Waals surface area contributed by atoms with Crippen molar-refractivity contribution in [1.82, 2.24) is 15.2 Å². The second-order valence-corrected chi connectivity index (χ2v) is 5.60. The fraction of sp³-hybridized carbons (Fsp3) is 0.727. The summed E-state index contributed by atoms with van der Waals surface area (Å²) < 4.78 is 3.20. The van der Waals surface area contributed by atoms with Crippen LogP contribution in [0.2, 0.25) is 0 Å². The Bertz CT molecular complexity index is 353. The average molecular weight is 321 g/mol. The molecule has 4 nitrogen and oxygen atoms in total. The van der Waals surface area contributed by atoms with E-state index in [0.29, 0.717) is 0 Å². The lowest BCUT2D eigenvalue weighted by Crippen LogP contribution is -2.39. The number of hydrogen-bond donors (Lipinski definition) is 2. The second kappa shape index (κ2) is 7.41. The van der Waals surface area contributed by atoms with Crippen LogP contribution in [0.4, 0.5) is 0 Å². The molecule has 6 heteroatoms. The Hall–Kier alpha value is -0.0400. The first kappa shape index (κ1) is 15.0. The smallest absolute Gasteiger partial charge is 0.0766 e. The molecule has 0 saturated carbocycles. The van der Waals surface area contributed by atoms with E-state index in [4.69, 9.17) is 5.84 Å². The van der Waals surface area contributed by atoms with Gasteiger partial charge in [0, 0.05) is 24.8 Å². The SMILES string of the molecule is CCc1nn(CC)c(CC(CSC)NN)c1Br. The van der Waals surface area contributed by atoms with Gasteiger partial charge in [-0.15, -0.1) is 0 Å². The minimum absolute atomic E-state index is 0.285. The Balaban J connectivity index is 2.91. The largest absolute Gasteiger partial charge is 0.271 e. The molecule has 0 aromatic carbocycles. The van der Waals surface area contributed by atoms with Gasteiger partial charge in [0.15, 0.2) is 0 Å². The Morgan fingerprint density at radius 3 is 2.71 bits per heavy atom. The monoisotopic (exact) mass is 320 g/mol. The van der Waals surface area contributed by atoms with Gasteiger partial charge in [-0.1, -0.05) is 6.92 Å². The van der Waals surface area contributed by atoms with Crippen molar-refractivity contribution >= 4 is 27.7 Å². The highest BCUT2D eigenvalue weighted by atomic mass is 79.9. The van der Waals surface area contributed by atoms with Gasteiger partial charge >= 0.3 is 0 Å². The van der Waals surface area contributed by atoms with Crippen molar-refractivity contribution in [3.63, 3.8) is 0 Å². The number of nitrogens with two attached hydrogens (primary N) is 1. The molecular weight excluding hydrogens is 300 g/mol. The number of hydrogen-bond acceptors (Lipinski definition) is 4. The highest BCUT2D eigenvalue weighted by Crippen LogP contribution is 2.23. The topological polar surface area (TPSA) is 55.9 Å². The molecule has 3 N–H and O–H groups in total. The van der Waals surface area contributed by atoms with Crippen LogP contribution in [0.25, 0.3) is 0 Å². The number of nitrogens with one attached hydrogen (secondary N) is 1. The maximum absolute atomic E-state index is 5.58. The lowest BCUT2D eigenvalue weighted by Gasteiger charge is -2.15. The Morgan fingerprint density at radius 2 is 2.24 bits per heavy atom. The predicted molar refractivity (Wildman–Crippen MR) is 78.2 cm³/mol. The number of thioether (sulfide) groups is 1. The Kier molecular flexibility index (Phi) is 6.54. The summed E-state index contributed by atoms with van der Waals surface area (Å²) in [5.41, 5.74) is 5.24. The van der Waals surface area contributed by atoms with Crippen molar-refractivity contribution in [1.29, 1.82) is 0 Å². The van der Waals surface area contributed by atoms with Crippen LogP contribution in [0.5, 0.6) is 0 Å². The maximum Gasteiger partial charge on any atom is 0.0766 e. The van der Waals surface area contributed by atoms with Crippen molar-refractivity contribution < 1.29 is 0 Å². The minimum atomic E-state index is 0.285. The fourth-order valence-corrected chi connectivity index (χ4v) is 3.16. The quantitative estimate of drug-likeness (QED) is 0.595. The van der Waals surface area contributed by atoms with Crippen LogP contribution < -0.4 is 11.3 Å². The van der Waals surface area contributed by atoms with Crippen LogP contribution in [0.3, 0.4) is 0 Å². The molecule has 0 aliphatic heterocycles. The molecule has 0 radical (unpaired) electrons. The van der Waals surface area contributed by atoms with Gasteiger partial charge in [-0.3, -0.25) is 16.0 Å². The Labute approximate surface area is 116 Å². The second-order valence-electron chi connectivity index (χ2n) is 3.90. The summed E-state index contributed by atoms with van der Waals surface area (Å²) in [4.78, 5) is 0. The zero-order chi connectivity index (χ0) is 12.8. The standard InChI is InChI=1S/C11H21BrN4S/c1-4-9-11(12)10(16(5-2)15-9)6-8(14-13)7-17-3/h8,14H,4-7,13H2,1-3H3. The first-order valence-electron chi connectivity index (χ1n) is 5.86. The number of aryl methyl sites for hydroxylation is 2. The van der Waals surface area contributed by atoms with Crippen LogP contribution in [0.15, 0.2) is 4.47 Å². The molecule has 0 amide bonds. The summed E-state index contributed by atoms with van der Waals surface area (Å²) in [6, 6.07) is 0.285. The van der Waals surface area contributed by atoms with Crippen molar-refractivity contribution in [3.8, 4) is 0 Å². The molecule has 0 spiro atoms. The molecule has 0 bridgehead atoms. The summed E-state index contributed by atoms with van der Waals surface area (Å²) in [6.07, 6.45) is 3.94. The molecule has 1 aromatic rings. The van der Waals surface area contributed by atoms with E-state index in [-0.39, 0.29) is 6.04 Å². The molecule has 0 saturated heterocycles. The van der Waals surface area contributed by atoms with Crippen molar-refractivity contribution in [3.05, 3.63) is 15.9 Å². The molecule has 1 atom stereocenters. The Morgan fingerprint density at radius 1 is 1.53 bits per heavy atom. The van der Waals surface area contributed by atoms with Crippen LogP contribution in [-0.2, 0) is 19.4 Å². The van der Waals surface area contributed by atoms with E-state index >= 15 is 0 Å². The number of nitrogens with zero attached hydrogens (tertiary/aromatic N) is 2. The molecule has 1 unspecified atom stereocenters. The van der Waals surface area contributed by atoms with Crippen molar-refractivity contribution in [2.75, 3.05) is 12.0 Å².